The summed E-state index contributed by atoms with van der Waals surface area (Å²) in [6.45, 7) is 0.407. The Balaban J connectivity index is 1.52. The lowest BCUT2D eigenvalue weighted by Gasteiger charge is -2.11. The van der Waals surface area contributed by atoms with Crippen LogP contribution in [-0.2, 0) is 23.7 Å². The highest BCUT2D eigenvalue weighted by Crippen LogP contribution is 2.29. The summed E-state index contributed by atoms with van der Waals surface area (Å²) in [6, 6.07) is 18.8. The van der Waals surface area contributed by atoms with E-state index in [9.17, 15) is 13.2 Å². The Morgan fingerprint density at radius 3 is 2.47 bits per heavy atom. The van der Waals surface area contributed by atoms with E-state index >= 15 is 0 Å². The van der Waals surface area contributed by atoms with Crippen LogP contribution >= 0.6 is 11.6 Å². The first-order chi connectivity index (χ1) is 14.3. The third kappa shape index (κ3) is 4.05. The van der Waals surface area contributed by atoms with Gasteiger partial charge in [-0.15, -0.1) is 0 Å². The second kappa shape index (κ2) is 7.89. The van der Waals surface area contributed by atoms with Gasteiger partial charge in [-0.2, -0.15) is 0 Å². The van der Waals surface area contributed by atoms with Gasteiger partial charge in [0, 0.05) is 18.8 Å². The van der Waals surface area contributed by atoms with Crippen LogP contribution in [0.5, 0.6) is 5.75 Å². The van der Waals surface area contributed by atoms with Gasteiger partial charge >= 0.3 is 5.76 Å². The van der Waals surface area contributed by atoms with Crippen molar-refractivity contribution in [2.45, 2.75) is 11.5 Å². The number of benzene rings is 3. The van der Waals surface area contributed by atoms with Gasteiger partial charge in [0.1, 0.15) is 17.3 Å². The van der Waals surface area contributed by atoms with Gasteiger partial charge in [0.25, 0.3) is 10.0 Å². The van der Waals surface area contributed by atoms with Crippen molar-refractivity contribution in [1.29, 1.82) is 0 Å². The maximum absolute atomic E-state index is 12.8. The molecule has 9 heteroatoms. The van der Waals surface area contributed by atoms with E-state index in [1.165, 1.54) is 23.7 Å². The molecule has 4 aromatic rings. The SMILES string of the molecule is Cn1c(=O)oc2cc(S(=O)(=O)Nc3ccc(OCc4ccccc4)cc3)c(Cl)cc21. The number of aryl methyl sites for hydroxylation is 1. The van der Waals surface area contributed by atoms with Gasteiger partial charge in [-0.3, -0.25) is 9.29 Å². The average molecular weight is 445 g/mol. The van der Waals surface area contributed by atoms with Crippen molar-refractivity contribution in [2.24, 2.45) is 7.05 Å². The van der Waals surface area contributed by atoms with Crippen LogP contribution in [0.25, 0.3) is 11.1 Å². The smallest absolute Gasteiger partial charge is 0.419 e. The van der Waals surface area contributed by atoms with E-state index in [1.807, 2.05) is 30.3 Å². The molecule has 1 aromatic heterocycles. The summed E-state index contributed by atoms with van der Waals surface area (Å²) in [4.78, 5) is 11.5. The summed E-state index contributed by atoms with van der Waals surface area (Å²) in [7, 11) is -2.49. The molecule has 0 saturated heterocycles. The third-order valence-corrected chi connectivity index (χ3v) is 6.34. The van der Waals surface area contributed by atoms with Crippen molar-refractivity contribution in [1.82, 2.24) is 4.57 Å². The van der Waals surface area contributed by atoms with Gasteiger partial charge in [0.15, 0.2) is 5.58 Å². The first-order valence-corrected chi connectivity index (χ1v) is 10.8. The standard InChI is InChI=1S/C21H17ClN2O5S/c1-24-18-11-17(22)20(12-19(18)29-21(24)25)30(26,27)23-15-7-9-16(10-8-15)28-13-14-5-3-2-4-6-14/h2-12,23H,13H2,1H3. The molecule has 1 heterocycles. The molecule has 154 valence electrons. The van der Waals surface area contributed by atoms with Crippen LogP contribution in [0.1, 0.15) is 5.56 Å². The molecule has 0 fully saturated rings. The number of hydrogen-bond donors (Lipinski definition) is 1. The van der Waals surface area contributed by atoms with Crippen molar-refractivity contribution in [3.63, 3.8) is 0 Å². The molecule has 0 saturated carbocycles. The molecular formula is C21H17ClN2O5S. The van der Waals surface area contributed by atoms with Crippen LogP contribution in [0.2, 0.25) is 5.02 Å². The van der Waals surface area contributed by atoms with E-state index < -0.39 is 15.8 Å². The van der Waals surface area contributed by atoms with Crippen LogP contribution in [-0.4, -0.2) is 13.0 Å². The van der Waals surface area contributed by atoms with Crippen LogP contribution in [0.3, 0.4) is 0 Å². The number of nitrogens with one attached hydrogen (secondary N) is 1. The first kappa shape index (κ1) is 20.1. The molecule has 0 aliphatic carbocycles. The Morgan fingerprint density at radius 1 is 1.07 bits per heavy atom. The lowest BCUT2D eigenvalue weighted by Crippen LogP contribution is -2.13. The number of nitrogens with zero attached hydrogens (tertiary/aromatic N) is 1. The van der Waals surface area contributed by atoms with Crippen LogP contribution in [0.4, 0.5) is 5.69 Å². The Bertz CT molecular complexity index is 1360. The molecule has 0 amide bonds. The summed E-state index contributed by atoms with van der Waals surface area (Å²) in [5, 5.41) is -0.0192. The maximum atomic E-state index is 12.8. The van der Waals surface area contributed by atoms with Crippen LogP contribution in [0.15, 0.2) is 80.8 Å². The number of aromatic nitrogens is 1. The number of halogens is 1. The number of hydrogen-bond acceptors (Lipinski definition) is 5. The summed E-state index contributed by atoms with van der Waals surface area (Å²) in [5.41, 5.74) is 1.91. The van der Waals surface area contributed by atoms with Crippen molar-refractivity contribution in [3.05, 3.63) is 87.9 Å². The van der Waals surface area contributed by atoms with E-state index in [-0.39, 0.29) is 15.5 Å². The summed E-state index contributed by atoms with van der Waals surface area (Å²) < 4.78 is 40.1. The van der Waals surface area contributed by atoms with E-state index in [0.717, 1.165) is 5.56 Å². The van der Waals surface area contributed by atoms with Crippen molar-refractivity contribution in [3.8, 4) is 5.75 Å². The predicted molar refractivity (Wildman–Crippen MR) is 114 cm³/mol. The molecule has 0 unspecified atom stereocenters. The van der Waals surface area contributed by atoms with Crippen LogP contribution < -0.4 is 15.2 Å². The Kier molecular flexibility index (Phi) is 5.27. The minimum Gasteiger partial charge on any atom is -0.489 e. The molecule has 30 heavy (non-hydrogen) atoms. The topological polar surface area (TPSA) is 90.5 Å². The predicted octanol–water partition coefficient (Wildman–Crippen LogP) is 4.16. The van der Waals surface area contributed by atoms with Gasteiger partial charge in [-0.05, 0) is 35.9 Å². The summed E-state index contributed by atoms with van der Waals surface area (Å²) in [5.74, 6) is 0.00183. The maximum Gasteiger partial charge on any atom is 0.419 e. The molecule has 3 aromatic carbocycles. The Hall–Kier alpha value is -3.23. The lowest BCUT2D eigenvalue weighted by molar-refractivity contribution is 0.306. The quantitative estimate of drug-likeness (QED) is 0.482. The average Bonchev–Trinajstić information content (AvgIpc) is 3.01. The largest absolute Gasteiger partial charge is 0.489 e. The first-order valence-electron chi connectivity index (χ1n) is 8.92. The van der Waals surface area contributed by atoms with Gasteiger partial charge in [-0.25, -0.2) is 13.2 Å². The second-order valence-corrected chi connectivity index (χ2v) is 8.64. The van der Waals surface area contributed by atoms with Crippen molar-refractivity contribution >= 4 is 38.4 Å². The minimum absolute atomic E-state index is 0.0192. The highest BCUT2D eigenvalue weighted by molar-refractivity contribution is 7.92. The number of oxazole rings is 1. The van der Waals surface area contributed by atoms with E-state index in [4.69, 9.17) is 20.8 Å². The van der Waals surface area contributed by atoms with Gasteiger partial charge in [0.2, 0.25) is 0 Å². The number of sulfonamides is 1. The van der Waals surface area contributed by atoms with E-state index in [2.05, 4.69) is 4.72 Å². The fourth-order valence-electron chi connectivity index (χ4n) is 2.91. The Morgan fingerprint density at radius 2 is 1.77 bits per heavy atom. The number of rotatable bonds is 6. The molecule has 0 aliphatic heterocycles. The van der Waals surface area contributed by atoms with Gasteiger partial charge < -0.3 is 9.15 Å². The molecule has 7 nitrogen and oxygen atoms in total. The molecule has 0 aliphatic rings. The van der Waals surface area contributed by atoms with Crippen molar-refractivity contribution < 1.29 is 17.6 Å². The zero-order chi connectivity index (χ0) is 21.3. The summed E-state index contributed by atoms with van der Waals surface area (Å²) >= 11 is 6.16. The fraction of sp³-hybridized carbons (Fsp3) is 0.0952. The molecule has 4 rings (SSSR count). The highest BCUT2D eigenvalue weighted by atomic mass is 35.5. The minimum atomic E-state index is -4.00. The third-order valence-electron chi connectivity index (χ3n) is 4.49. The number of anilines is 1. The van der Waals surface area contributed by atoms with Crippen molar-refractivity contribution in [2.75, 3.05) is 4.72 Å². The normalized spacial score (nSPS) is 11.5. The molecule has 0 radical (unpaired) electrons. The fourth-order valence-corrected chi connectivity index (χ4v) is 4.50. The molecule has 0 spiro atoms. The molecule has 1 N–H and O–H groups in total. The number of ether oxygens (including phenoxy) is 1. The summed E-state index contributed by atoms with van der Waals surface area (Å²) in [6.07, 6.45) is 0. The zero-order valence-electron chi connectivity index (χ0n) is 15.8. The second-order valence-electron chi connectivity index (χ2n) is 6.58. The van der Waals surface area contributed by atoms with Gasteiger partial charge in [-0.1, -0.05) is 41.9 Å². The van der Waals surface area contributed by atoms with Gasteiger partial charge in [0.05, 0.1) is 10.5 Å². The monoisotopic (exact) mass is 444 g/mol. The number of fused-ring (bicyclic) bond motifs is 1. The van der Waals surface area contributed by atoms with E-state index in [1.54, 1.807) is 24.3 Å². The molecule has 0 atom stereocenters. The van der Waals surface area contributed by atoms with Crippen LogP contribution in [0, 0.1) is 0 Å². The highest BCUT2D eigenvalue weighted by Gasteiger charge is 2.21. The van der Waals surface area contributed by atoms with E-state index in [0.29, 0.717) is 23.6 Å². The lowest BCUT2D eigenvalue weighted by atomic mass is 10.2. The molecule has 0 bridgehead atoms. The Labute approximate surface area is 177 Å². The molecular weight excluding hydrogens is 428 g/mol. The zero-order valence-corrected chi connectivity index (χ0v) is 17.4.